The van der Waals surface area contributed by atoms with Gasteiger partial charge in [-0.2, -0.15) is 0 Å². The predicted molar refractivity (Wildman–Crippen MR) is 102 cm³/mol. The largest absolute Gasteiger partial charge is 0.319 e. The average Bonchev–Trinajstić information content (AvgIpc) is 3.21. The summed E-state index contributed by atoms with van der Waals surface area (Å²) < 4.78 is 82.1. The molecule has 1 atom stereocenters. The molecule has 0 saturated heterocycles. The molecule has 1 aliphatic rings. The Morgan fingerprint density at radius 2 is 1.60 bits per heavy atom. The summed E-state index contributed by atoms with van der Waals surface area (Å²) in [5.74, 6) is -6.20. The number of rotatable bonds is 6. The minimum Gasteiger partial charge on any atom is -0.319 e. The number of nitrogens with one attached hydrogen (secondary N) is 2. The van der Waals surface area contributed by atoms with E-state index in [4.69, 9.17) is 0 Å². The zero-order chi connectivity index (χ0) is 22.1. The monoisotopic (exact) mass is 444 g/mol. The summed E-state index contributed by atoms with van der Waals surface area (Å²) in [5.41, 5.74) is -1.39. The number of hydrogen-bond donors (Lipinski definition) is 2. The van der Waals surface area contributed by atoms with E-state index in [0.29, 0.717) is 6.07 Å². The van der Waals surface area contributed by atoms with Crippen molar-refractivity contribution in [1.82, 2.24) is 4.72 Å². The Morgan fingerprint density at radius 3 is 2.27 bits per heavy atom. The van der Waals surface area contributed by atoms with Crippen LogP contribution in [0.15, 0.2) is 35.2 Å². The van der Waals surface area contributed by atoms with Gasteiger partial charge in [0, 0.05) is 18.2 Å². The zero-order valence-corrected chi connectivity index (χ0v) is 16.8. The van der Waals surface area contributed by atoms with Gasteiger partial charge in [-0.1, -0.05) is 12.8 Å². The molecule has 0 aromatic heterocycles. The Bertz CT molecular complexity index is 1070. The van der Waals surface area contributed by atoms with E-state index < -0.39 is 50.5 Å². The fourth-order valence-corrected chi connectivity index (χ4v) is 4.86. The smallest absolute Gasteiger partial charge is 0.258 e. The fraction of sp³-hybridized carbons (Fsp3) is 0.350. The van der Waals surface area contributed by atoms with E-state index in [1.165, 1.54) is 0 Å². The van der Waals surface area contributed by atoms with Gasteiger partial charge < -0.3 is 5.32 Å². The van der Waals surface area contributed by atoms with E-state index >= 15 is 0 Å². The second-order valence-electron chi connectivity index (χ2n) is 7.30. The third-order valence-corrected chi connectivity index (χ3v) is 6.76. The van der Waals surface area contributed by atoms with Crippen LogP contribution in [0.25, 0.3) is 0 Å². The first-order chi connectivity index (χ1) is 14.1. The van der Waals surface area contributed by atoms with E-state index in [2.05, 4.69) is 4.72 Å². The zero-order valence-electron chi connectivity index (χ0n) is 16.0. The van der Waals surface area contributed by atoms with Crippen LogP contribution in [0, 0.1) is 29.2 Å². The molecule has 0 aliphatic heterocycles. The van der Waals surface area contributed by atoms with Gasteiger partial charge in [0.1, 0.15) is 11.6 Å². The second-order valence-corrected chi connectivity index (χ2v) is 9.01. The Kier molecular flexibility index (Phi) is 6.47. The van der Waals surface area contributed by atoms with Crippen molar-refractivity contribution in [3.05, 3.63) is 59.2 Å². The highest BCUT2D eigenvalue weighted by molar-refractivity contribution is 7.89. The average molecular weight is 444 g/mol. The molecule has 1 amide bonds. The standard InChI is InChI=1S/C20H20F4N2O3S/c1-11(12-4-2-3-5-12)26-30(28,29)13-6-7-15(21)14(8-13)20(27)25-19-10-17(23)16(22)9-18(19)24/h6-12,26H,2-5H2,1H3,(H,25,27)/t11-/m1/s1. The molecule has 0 bridgehead atoms. The Labute approximate surface area is 171 Å². The van der Waals surface area contributed by atoms with Crippen molar-refractivity contribution in [3.63, 3.8) is 0 Å². The van der Waals surface area contributed by atoms with E-state index in [-0.39, 0.29) is 22.9 Å². The molecule has 10 heteroatoms. The molecule has 30 heavy (non-hydrogen) atoms. The van der Waals surface area contributed by atoms with Crippen molar-refractivity contribution in [2.75, 3.05) is 5.32 Å². The van der Waals surface area contributed by atoms with Crippen LogP contribution in [0.5, 0.6) is 0 Å². The van der Waals surface area contributed by atoms with Gasteiger partial charge in [-0.25, -0.2) is 30.7 Å². The summed E-state index contributed by atoms with van der Waals surface area (Å²) in [6, 6.07) is 2.92. The number of carbonyl (C=O) groups is 1. The maximum Gasteiger partial charge on any atom is 0.258 e. The van der Waals surface area contributed by atoms with Gasteiger partial charge in [0.05, 0.1) is 16.1 Å². The minimum absolute atomic E-state index is 0.194. The van der Waals surface area contributed by atoms with Gasteiger partial charge in [-0.3, -0.25) is 4.79 Å². The Hall–Kier alpha value is -2.46. The molecule has 0 unspecified atom stereocenters. The number of halogens is 4. The van der Waals surface area contributed by atoms with Crippen molar-refractivity contribution in [1.29, 1.82) is 0 Å². The number of sulfonamides is 1. The number of benzene rings is 2. The molecule has 1 fully saturated rings. The lowest BCUT2D eigenvalue weighted by Gasteiger charge is -2.20. The van der Waals surface area contributed by atoms with Crippen LogP contribution in [0.3, 0.4) is 0 Å². The van der Waals surface area contributed by atoms with Crippen LogP contribution in [0.2, 0.25) is 0 Å². The van der Waals surface area contributed by atoms with Crippen LogP contribution in [-0.4, -0.2) is 20.4 Å². The fourth-order valence-electron chi connectivity index (χ4n) is 3.52. The Balaban J connectivity index is 1.84. The molecule has 5 nitrogen and oxygen atoms in total. The highest BCUT2D eigenvalue weighted by Gasteiger charge is 2.27. The molecule has 162 valence electrons. The molecule has 3 rings (SSSR count). The van der Waals surface area contributed by atoms with E-state index in [0.717, 1.165) is 43.9 Å². The quantitative estimate of drug-likeness (QED) is 0.514. The highest BCUT2D eigenvalue weighted by Crippen LogP contribution is 2.28. The lowest BCUT2D eigenvalue weighted by Crippen LogP contribution is -2.37. The first-order valence-corrected chi connectivity index (χ1v) is 10.8. The summed E-state index contributed by atoms with van der Waals surface area (Å²) >= 11 is 0. The molecule has 0 radical (unpaired) electrons. The molecular weight excluding hydrogens is 424 g/mol. The summed E-state index contributed by atoms with van der Waals surface area (Å²) in [4.78, 5) is 12.0. The van der Waals surface area contributed by atoms with Crippen molar-refractivity contribution in [3.8, 4) is 0 Å². The van der Waals surface area contributed by atoms with Crippen LogP contribution in [0.1, 0.15) is 43.0 Å². The molecular formula is C20H20F4N2O3S. The van der Waals surface area contributed by atoms with Gasteiger partial charge in [0.2, 0.25) is 10.0 Å². The van der Waals surface area contributed by atoms with Gasteiger partial charge in [-0.15, -0.1) is 0 Å². The van der Waals surface area contributed by atoms with Crippen LogP contribution in [-0.2, 0) is 10.0 Å². The van der Waals surface area contributed by atoms with Gasteiger partial charge in [0.25, 0.3) is 5.91 Å². The van der Waals surface area contributed by atoms with Crippen LogP contribution in [0.4, 0.5) is 23.2 Å². The third-order valence-electron chi connectivity index (χ3n) is 5.20. The number of hydrogen-bond acceptors (Lipinski definition) is 3. The molecule has 1 aliphatic carbocycles. The molecule has 1 saturated carbocycles. The molecule has 2 N–H and O–H groups in total. The summed E-state index contributed by atoms with van der Waals surface area (Å²) in [5, 5.41) is 1.92. The first-order valence-electron chi connectivity index (χ1n) is 9.36. The number of amides is 1. The van der Waals surface area contributed by atoms with Gasteiger partial charge in [-0.05, 0) is 43.9 Å². The topological polar surface area (TPSA) is 75.3 Å². The lowest BCUT2D eigenvalue weighted by atomic mass is 10.0. The van der Waals surface area contributed by atoms with E-state index in [9.17, 15) is 30.8 Å². The van der Waals surface area contributed by atoms with E-state index in [1.54, 1.807) is 6.92 Å². The summed E-state index contributed by atoms with van der Waals surface area (Å²) in [7, 11) is -4.04. The van der Waals surface area contributed by atoms with Crippen LogP contribution >= 0.6 is 0 Å². The van der Waals surface area contributed by atoms with Crippen molar-refractivity contribution < 1.29 is 30.8 Å². The number of anilines is 1. The van der Waals surface area contributed by atoms with Crippen LogP contribution < -0.4 is 10.0 Å². The highest BCUT2D eigenvalue weighted by atomic mass is 32.2. The van der Waals surface area contributed by atoms with E-state index in [1.807, 2.05) is 5.32 Å². The minimum atomic E-state index is -4.04. The van der Waals surface area contributed by atoms with Crippen molar-refractivity contribution >= 4 is 21.6 Å². The van der Waals surface area contributed by atoms with Crippen molar-refractivity contribution in [2.24, 2.45) is 5.92 Å². The second kappa shape index (κ2) is 8.73. The van der Waals surface area contributed by atoms with Gasteiger partial charge in [0.15, 0.2) is 11.6 Å². The summed E-state index contributed by atoms with van der Waals surface area (Å²) in [6.07, 6.45) is 3.86. The van der Waals surface area contributed by atoms with Crippen molar-refractivity contribution in [2.45, 2.75) is 43.5 Å². The third kappa shape index (κ3) is 4.81. The summed E-state index contributed by atoms with van der Waals surface area (Å²) in [6.45, 7) is 1.75. The molecule has 2 aromatic carbocycles. The molecule has 0 heterocycles. The molecule has 2 aromatic rings. The van der Waals surface area contributed by atoms with Gasteiger partial charge >= 0.3 is 0 Å². The number of carbonyl (C=O) groups excluding carboxylic acids is 1. The SMILES string of the molecule is C[C@@H](NS(=O)(=O)c1ccc(F)c(C(=O)Nc2cc(F)c(F)cc2F)c1)C1CCCC1. The lowest BCUT2D eigenvalue weighted by molar-refractivity contribution is 0.102. The normalized spacial score (nSPS) is 15.9. The molecule has 0 spiro atoms. The first kappa shape index (κ1) is 22.2. The maximum atomic E-state index is 14.2. The predicted octanol–water partition coefficient (Wildman–Crippen LogP) is 4.35. The maximum absolute atomic E-state index is 14.2. The Morgan fingerprint density at radius 1 is 0.967 bits per heavy atom.